The second kappa shape index (κ2) is 5.40. The van der Waals surface area contributed by atoms with Crippen LogP contribution in [0.15, 0.2) is 12.1 Å². The van der Waals surface area contributed by atoms with Crippen molar-refractivity contribution in [2.75, 3.05) is 14.2 Å². The molecule has 0 radical (unpaired) electrons. The summed E-state index contributed by atoms with van der Waals surface area (Å²) in [5, 5.41) is 10.8. The van der Waals surface area contributed by atoms with Gasteiger partial charge in [0.2, 0.25) is 14.8 Å². The molecule has 1 aromatic rings. The summed E-state index contributed by atoms with van der Waals surface area (Å²) in [4.78, 5) is 10.1. The van der Waals surface area contributed by atoms with Crippen molar-refractivity contribution in [1.82, 2.24) is 0 Å². The SMILES string of the molecule is COc1cc(OC)c([N+](=O)[O-])cc1CS(=O)(=O)Cl. The molecule has 0 aliphatic heterocycles. The maximum Gasteiger partial charge on any atom is 0.311 e. The van der Waals surface area contributed by atoms with Crippen LogP contribution in [0.3, 0.4) is 0 Å². The molecule has 0 spiro atoms. The average molecular weight is 296 g/mol. The zero-order valence-corrected chi connectivity index (χ0v) is 11.1. The monoisotopic (exact) mass is 295 g/mol. The van der Waals surface area contributed by atoms with E-state index in [2.05, 4.69) is 0 Å². The molecule has 100 valence electrons. The number of hydrogen-bond acceptors (Lipinski definition) is 6. The second-order valence-electron chi connectivity index (χ2n) is 3.28. The third-order valence-corrected chi connectivity index (χ3v) is 3.09. The van der Waals surface area contributed by atoms with Crippen LogP contribution in [0.4, 0.5) is 5.69 Å². The van der Waals surface area contributed by atoms with Crippen molar-refractivity contribution in [3.8, 4) is 11.5 Å². The minimum atomic E-state index is -3.84. The first-order valence-electron chi connectivity index (χ1n) is 4.60. The van der Waals surface area contributed by atoms with Crippen molar-refractivity contribution < 1.29 is 22.8 Å². The molecule has 18 heavy (non-hydrogen) atoms. The Kier molecular flexibility index (Phi) is 4.36. The number of halogens is 1. The van der Waals surface area contributed by atoms with Crippen LogP contribution in [0.5, 0.6) is 11.5 Å². The van der Waals surface area contributed by atoms with E-state index >= 15 is 0 Å². The van der Waals surface area contributed by atoms with Crippen LogP contribution >= 0.6 is 10.7 Å². The van der Waals surface area contributed by atoms with Crippen LogP contribution < -0.4 is 9.47 Å². The van der Waals surface area contributed by atoms with Gasteiger partial charge in [-0.25, -0.2) is 8.42 Å². The fraction of sp³-hybridized carbons (Fsp3) is 0.333. The number of hydrogen-bond donors (Lipinski definition) is 0. The van der Waals surface area contributed by atoms with Crippen molar-refractivity contribution in [1.29, 1.82) is 0 Å². The van der Waals surface area contributed by atoms with Gasteiger partial charge in [0.15, 0.2) is 0 Å². The van der Waals surface area contributed by atoms with Crippen molar-refractivity contribution >= 4 is 25.4 Å². The minimum Gasteiger partial charge on any atom is -0.496 e. The Balaban J connectivity index is 3.41. The summed E-state index contributed by atoms with van der Waals surface area (Å²) in [6.45, 7) is 0. The van der Waals surface area contributed by atoms with Crippen molar-refractivity contribution in [3.63, 3.8) is 0 Å². The van der Waals surface area contributed by atoms with E-state index in [0.29, 0.717) is 0 Å². The van der Waals surface area contributed by atoms with Crippen LogP contribution in [0.25, 0.3) is 0 Å². The fourth-order valence-corrected chi connectivity index (χ4v) is 2.34. The highest BCUT2D eigenvalue weighted by atomic mass is 35.7. The molecule has 1 aromatic carbocycles. The number of nitro benzene ring substituents is 1. The Morgan fingerprint density at radius 2 is 1.83 bits per heavy atom. The highest BCUT2D eigenvalue weighted by molar-refractivity contribution is 8.13. The standard InChI is InChI=1S/C9H10ClNO6S/c1-16-8-4-9(17-2)7(11(12)13)3-6(8)5-18(10,14)15/h3-4H,5H2,1-2H3. The predicted molar refractivity (Wildman–Crippen MR) is 64.7 cm³/mol. The number of rotatable bonds is 5. The molecular weight excluding hydrogens is 286 g/mol. The largest absolute Gasteiger partial charge is 0.496 e. The molecule has 0 unspecified atom stereocenters. The maximum atomic E-state index is 11.0. The van der Waals surface area contributed by atoms with Gasteiger partial charge in [-0.1, -0.05) is 0 Å². The molecule has 0 heterocycles. The highest BCUT2D eigenvalue weighted by Crippen LogP contribution is 2.35. The minimum absolute atomic E-state index is 0.0208. The zero-order valence-electron chi connectivity index (χ0n) is 9.54. The van der Waals surface area contributed by atoms with Gasteiger partial charge in [-0.05, 0) is 0 Å². The molecule has 0 aliphatic rings. The summed E-state index contributed by atoms with van der Waals surface area (Å²) in [5.74, 6) is -0.433. The van der Waals surface area contributed by atoms with E-state index in [1.165, 1.54) is 20.3 Å². The molecular formula is C9H10ClNO6S. The third kappa shape index (κ3) is 3.47. The summed E-state index contributed by atoms with van der Waals surface area (Å²) >= 11 is 0. The Labute approximate surface area is 108 Å². The lowest BCUT2D eigenvalue weighted by Gasteiger charge is -2.09. The smallest absolute Gasteiger partial charge is 0.311 e. The van der Waals surface area contributed by atoms with Gasteiger partial charge in [-0.15, -0.1) is 0 Å². The van der Waals surface area contributed by atoms with Crippen LogP contribution in [0.1, 0.15) is 5.56 Å². The van der Waals surface area contributed by atoms with Gasteiger partial charge in [-0.2, -0.15) is 0 Å². The Morgan fingerprint density at radius 1 is 1.28 bits per heavy atom. The average Bonchev–Trinajstić information content (AvgIpc) is 2.26. The molecule has 7 nitrogen and oxygen atoms in total. The number of nitrogens with zero attached hydrogens (tertiary/aromatic N) is 1. The number of methoxy groups -OCH3 is 2. The number of nitro groups is 1. The van der Waals surface area contributed by atoms with Crippen LogP contribution in [-0.2, 0) is 14.8 Å². The first-order chi connectivity index (χ1) is 8.28. The van der Waals surface area contributed by atoms with Crippen LogP contribution in [0, 0.1) is 10.1 Å². The van der Waals surface area contributed by atoms with Gasteiger partial charge < -0.3 is 9.47 Å². The second-order valence-corrected chi connectivity index (χ2v) is 6.05. The normalized spacial score (nSPS) is 11.1. The van der Waals surface area contributed by atoms with E-state index in [1.54, 1.807) is 0 Å². The molecule has 0 saturated heterocycles. The van der Waals surface area contributed by atoms with E-state index < -0.39 is 19.7 Å². The lowest BCUT2D eigenvalue weighted by atomic mass is 10.2. The van der Waals surface area contributed by atoms with Crippen LogP contribution in [0.2, 0.25) is 0 Å². The molecule has 0 saturated carbocycles. The first-order valence-corrected chi connectivity index (χ1v) is 7.08. The molecule has 1 rings (SSSR count). The molecule has 9 heteroatoms. The Bertz CT molecular complexity index is 571. The van der Waals surface area contributed by atoms with Gasteiger partial charge >= 0.3 is 5.69 Å². The van der Waals surface area contributed by atoms with E-state index in [-0.39, 0.29) is 22.7 Å². The Morgan fingerprint density at radius 3 is 2.22 bits per heavy atom. The van der Waals surface area contributed by atoms with Gasteiger partial charge in [0, 0.05) is 28.4 Å². The van der Waals surface area contributed by atoms with Crippen LogP contribution in [-0.4, -0.2) is 27.6 Å². The topological polar surface area (TPSA) is 95.7 Å². The lowest BCUT2D eigenvalue weighted by molar-refractivity contribution is -0.385. The van der Waals surface area contributed by atoms with Gasteiger partial charge in [0.05, 0.1) is 24.9 Å². The summed E-state index contributed by atoms with van der Waals surface area (Å²) in [6.07, 6.45) is 0. The molecule has 0 fully saturated rings. The molecule has 0 aliphatic carbocycles. The lowest BCUT2D eigenvalue weighted by Crippen LogP contribution is -2.02. The fourth-order valence-electron chi connectivity index (χ4n) is 1.39. The highest BCUT2D eigenvalue weighted by Gasteiger charge is 2.22. The summed E-state index contributed by atoms with van der Waals surface area (Å²) < 4.78 is 31.8. The van der Waals surface area contributed by atoms with Crippen molar-refractivity contribution in [2.45, 2.75) is 5.75 Å². The van der Waals surface area contributed by atoms with Gasteiger partial charge in [0.25, 0.3) is 0 Å². The Hall–Kier alpha value is -1.54. The molecule has 0 atom stereocenters. The summed E-state index contributed by atoms with van der Waals surface area (Å²) in [7, 11) is 3.85. The summed E-state index contributed by atoms with van der Waals surface area (Å²) in [6, 6.07) is 2.31. The maximum absolute atomic E-state index is 11.0. The van der Waals surface area contributed by atoms with E-state index in [4.69, 9.17) is 20.2 Å². The molecule has 0 bridgehead atoms. The predicted octanol–water partition coefficient (Wildman–Crippen LogP) is 1.68. The van der Waals surface area contributed by atoms with E-state index in [9.17, 15) is 18.5 Å². The number of benzene rings is 1. The van der Waals surface area contributed by atoms with E-state index in [1.807, 2.05) is 0 Å². The molecule has 0 aromatic heterocycles. The van der Waals surface area contributed by atoms with E-state index in [0.717, 1.165) is 6.07 Å². The van der Waals surface area contributed by atoms with Gasteiger partial charge in [-0.3, -0.25) is 10.1 Å². The molecule has 0 N–H and O–H groups in total. The summed E-state index contributed by atoms with van der Waals surface area (Å²) in [5.41, 5.74) is -0.256. The number of ether oxygens (including phenoxy) is 2. The third-order valence-electron chi connectivity index (χ3n) is 2.11. The van der Waals surface area contributed by atoms with Crippen molar-refractivity contribution in [2.24, 2.45) is 0 Å². The van der Waals surface area contributed by atoms with Gasteiger partial charge in [0.1, 0.15) is 5.75 Å². The van der Waals surface area contributed by atoms with Crippen molar-refractivity contribution in [3.05, 3.63) is 27.8 Å². The molecule has 0 amide bonds. The quantitative estimate of drug-likeness (QED) is 0.466. The zero-order chi connectivity index (χ0) is 13.9. The first kappa shape index (κ1) is 14.5.